The summed E-state index contributed by atoms with van der Waals surface area (Å²) < 4.78 is 6.19. The van der Waals surface area contributed by atoms with Crippen LogP contribution in [-0.2, 0) is 4.79 Å². The average molecular weight is 484 g/mol. The van der Waals surface area contributed by atoms with E-state index < -0.39 is 0 Å². The highest BCUT2D eigenvalue weighted by Gasteiger charge is 2.24. The van der Waals surface area contributed by atoms with E-state index in [0.29, 0.717) is 38.3 Å². The van der Waals surface area contributed by atoms with Crippen LogP contribution in [0, 0.1) is 0 Å². The standard InChI is InChI=1S/C23H25N5O3S2/c1-2-31-19-10-8-17(9-11-19)21(30)27-12-14-28(15-13-27)22-25-26-23(33-22)32-16-20(29)24-18-6-4-3-5-7-18/h3-11H,2,12-16H2,1H3,(H,24,29). The number of carbonyl (C=O) groups is 2. The van der Waals surface area contributed by atoms with Gasteiger partial charge < -0.3 is 19.9 Å². The third kappa shape index (κ3) is 6.23. The van der Waals surface area contributed by atoms with E-state index in [4.69, 9.17) is 4.74 Å². The summed E-state index contributed by atoms with van der Waals surface area (Å²) in [7, 11) is 0. The van der Waals surface area contributed by atoms with Crippen molar-refractivity contribution >= 4 is 45.7 Å². The molecular formula is C23H25N5O3S2. The molecule has 172 valence electrons. The van der Waals surface area contributed by atoms with Crippen molar-refractivity contribution in [3.05, 3.63) is 60.2 Å². The van der Waals surface area contributed by atoms with Gasteiger partial charge in [0.05, 0.1) is 12.4 Å². The molecule has 0 spiro atoms. The molecule has 4 rings (SSSR count). The van der Waals surface area contributed by atoms with Crippen molar-refractivity contribution in [2.24, 2.45) is 0 Å². The van der Waals surface area contributed by atoms with Crippen molar-refractivity contribution in [2.45, 2.75) is 11.3 Å². The van der Waals surface area contributed by atoms with Crippen LogP contribution < -0.4 is 15.0 Å². The zero-order valence-electron chi connectivity index (χ0n) is 18.3. The Kier molecular flexibility index (Phi) is 7.79. The van der Waals surface area contributed by atoms with E-state index in [1.165, 1.54) is 23.1 Å². The molecule has 2 amide bonds. The molecule has 33 heavy (non-hydrogen) atoms. The van der Waals surface area contributed by atoms with Crippen molar-refractivity contribution in [3.8, 4) is 5.75 Å². The van der Waals surface area contributed by atoms with Gasteiger partial charge in [0.25, 0.3) is 5.91 Å². The molecule has 0 atom stereocenters. The molecule has 0 radical (unpaired) electrons. The maximum absolute atomic E-state index is 12.8. The second-order valence-corrected chi connectivity index (χ2v) is 9.47. The van der Waals surface area contributed by atoms with Gasteiger partial charge in [-0.05, 0) is 43.3 Å². The molecule has 0 saturated carbocycles. The van der Waals surface area contributed by atoms with Crippen molar-refractivity contribution in [1.29, 1.82) is 0 Å². The molecule has 3 aromatic rings. The number of amides is 2. The van der Waals surface area contributed by atoms with E-state index in [1.54, 1.807) is 0 Å². The molecule has 0 aliphatic carbocycles. The molecule has 1 saturated heterocycles. The van der Waals surface area contributed by atoms with Gasteiger partial charge in [-0.1, -0.05) is 41.3 Å². The number of rotatable bonds is 8. The van der Waals surface area contributed by atoms with Gasteiger partial charge >= 0.3 is 0 Å². The van der Waals surface area contributed by atoms with Crippen molar-refractivity contribution in [3.63, 3.8) is 0 Å². The fourth-order valence-electron chi connectivity index (χ4n) is 3.38. The Morgan fingerprint density at radius 1 is 1.03 bits per heavy atom. The van der Waals surface area contributed by atoms with Crippen LogP contribution in [0.2, 0.25) is 0 Å². The molecule has 0 unspecified atom stereocenters. The molecule has 1 aliphatic rings. The molecule has 1 aromatic heterocycles. The van der Waals surface area contributed by atoms with Crippen molar-refractivity contribution in [1.82, 2.24) is 15.1 Å². The first kappa shape index (κ1) is 23.1. The van der Waals surface area contributed by atoms with E-state index in [2.05, 4.69) is 20.4 Å². The largest absolute Gasteiger partial charge is 0.494 e. The normalized spacial score (nSPS) is 13.6. The minimum atomic E-state index is -0.0793. The fourth-order valence-corrected chi connectivity index (χ4v) is 5.07. The van der Waals surface area contributed by atoms with Crippen LogP contribution >= 0.6 is 23.1 Å². The van der Waals surface area contributed by atoms with Crippen LogP contribution in [0.1, 0.15) is 17.3 Å². The smallest absolute Gasteiger partial charge is 0.253 e. The lowest BCUT2D eigenvalue weighted by molar-refractivity contribution is -0.113. The number of hydrogen-bond donors (Lipinski definition) is 1. The van der Waals surface area contributed by atoms with Gasteiger partial charge in [0, 0.05) is 37.4 Å². The van der Waals surface area contributed by atoms with Gasteiger partial charge in [-0.15, -0.1) is 10.2 Å². The van der Waals surface area contributed by atoms with Gasteiger partial charge in [0.1, 0.15) is 5.75 Å². The predicted molar refractivity (Wildman–Crippen MR) is 131 cm³/mol. The number of aromatic nitrogens is 2. The van der Waals surface area contributed by atoms with Gasteiger partial charge in [0.2, 0.25) is 11.0 Å². The van der Waals surface area contributed by atoms with Gasteiger partial charge in [-0.2, -0.15) is 0 Å². The number of para-hydroxylation sites is 1. The van der Waals surface area contributed by atoms with Crippen LogP contribution in [0.4, 0.5) is 10.8 Å². The number of nitrogens with one attached hydrogen (secondary N) is 1. The maximum atomic E-state index is 12.8. The highest BCUT2D eigenvalue weighted by molar-refractivity contribution is 8.01. The minimum Gasteiger partial charge on any atom is -0.494 e. The van der Waals surface area contributed by atoms with Crippen LogP contribution in [0.25, 0.3) is 0 Å². The Morgan fingerprint density at radius 3 is 2.45 bits per heavy atom. The lowest BCUT2D eigenvalue weighted by Gasteiger charge is -2.34. The Bertz CT molecular complexity index is 1070. The zero-order chi connectivity index (χ0) is 23.0. The first-order valence-electron chi connectivity index (χ1n) is 10.7. The third-order valence-electron chi connectivity index (χ3n) is 5.03. The number of thioether (sulfide) groups is 1. The first-order valence-corrected chi connectivity index (χ1v) is 12.5. The number of benzene rings is 2. The highest BCUT2D eigenvalue weighted by Crippen LogP contribution is 2.29. The summed E-state index contributed by atoms with van der Waals surface area (Å²) in [6.07, 6.45) is 0. The average Bonchev–Trinajstić information content (AvgIpc) is 3.33. The summed E-state index contributed by atoms with van der Waals surface area (Å²) >= 11 is 2.84. The van der Waals surface area contributed by atoms with Crippen molar-refractivity contribution in [2.75, 3.05) is 48.8 Å². The Morgan fingerprint density at radius 2 is 1.76 bits per heavy atom. The summed E-state index contributed by atoms with van der Waals surface area (Å²) in [4.78, 5) is 28.9. The second-order valence-electron chi connectivity index (χ2n) is 7.29. The molecule has 10 heteroatoms. The summed E-state index contributed by atoms with van der Waals surface area (Å²) in [5.41, 5.74) is 1.44. The van der Waals surface area contributed by atoms with Crippen molar-refractivity contribution < 1.29 is 14.3 Å². The van der Waals surface area contributed by atoms with Crippen LogP contribution in [0.15, 0.2) is 58.9 Å². The maximum Gasteiger partial charge on any atom is 0.253 e. The molecule has 2 heterocycles. The Balaban J connectivity index is 1.24. The lowest BCUT2D eigenvalue weighted by Crippen LogP contribution is -2.48. The van der Waals surface area contributed by atoms with E-state index in [-0.39, 0.29) is 17.6 Å². The number of anilines is 2. The highest BCUT2D eigenvalue weighted by atomic mass is 32.2. The topological polar surface area (TPSA) is 87.7 Å². The summed E-state index contributed by atoms with van der Waals surface area (Å²) in [5.74, 6) is 0.981. The molecular weight excluding hydrogens is 458 g/mol. The quantitative estimate of drug-likeness (QED) is 0.490. The van der Waals surface area contributed by atoms with E-state index in [0.717, 1.165) is 20.9 Å². The lowest BCUT2D eigenvalue weighted by atomic mass is 10.1. The molecule has 1 fully saturated rings. The molecule has 2 aromatic carbocycles. The SMILES string of the molecule is CCOc1ccc(C(=O)N2CCN(c3nnc(SCC(=O)Nc4ccccc4)s3)CC2)cc1. The monoisotopic (exact) mass is 483 g/mol. The number of piperazine rings is 1. The molecule has 1 N–H and O–H groups in total. The number of ether oxygens (including phenoxy) is 1. The number of hydrogen-bond acceptors (Lipinski definition) is 8. The summed E-state index contributed by atoms with van der Waals surface area (Å²) in [5, 5.41) is 12.2. The fraction of sp³-hybridized carbons (Fsp3) is 0.304. The van der Waals surface area contributed by atoms with E-state index in [1.807, 2.05) is 66.4 Å². The van der Waals surface area contributed by atoms with E-state index >= 15 is 0 Å². The van der Waals surface area contributed by atoms with E-state index in [9.17, 15) is 9.59 Å². The Labute approximate surface area is 201 Å². The number of nitrogens with zero attached hydrogens (tertiary/aromatic N) is 4. The third-order valence-corrected chi connectivity index (χ3v) is 7.15. The van der Waals surface area contributed by atoms with Crippen LogP contribution in [-0.4, -0.2) is 65.5 Å². The zero-order valence-corrected chi connectivity index (χ0v) is 19.9. The van der Waals surface area contributed by atoms with Crippen LogP contribution in [0.5, 0.6) is 5.75 Å². The molecule has 0 bridgehead atoms. The summed E-state index contributed by atoms with van der Waals surface area (Å²) in [6.45, 7) is 5.15. The summed E-state index contributed by atoms with van der Waals surface area (Å²) in [6, 6.07) is 16.6. The van der Waals surface area contributed by atoms with Gasteiger partial charge in [-0.25, -0.2) is 0 Å². The van der Waals surface area contributed by atoms with Gasteiger partial charge in [-0.3, -0.25) is 9.59 Å². The van der Waals surface area contributed by atoms with Gasteiger partial charge in [0.15, 0.2) is 4.34 Å². The second kappa shape index (κ2) is 11.2. The predicted octanol–water partition coefficient (Wildman–Crippen LogP) is 3.63. The number of carbonyl (C=O) groups excluding carboxylic acids is 2. The molecule has 8 nitrogen and oxygen atoms in total. The first-order chi connectivity index (χ1) is 16.1. The Hall–Kier alpha value is -3.11. The minimum absolute atomic E-state index is 0.0237. The molecule has 1 aliphatic heterocycles. The van der Waals surface area contributed by atoms with Crippen LogP contribution in [0.3, 0.4) is 0 Å².